The number of amides is 1. The zero-order valence-electron chi connectivity index (χ0n) is 12.9. The number of carbonyl (C=O) groups excluding carboxylic acids is 1. The lowest BCUT2D eigenvalue weighted by Gasteiger charge is -2.31. The van der Waals surface area contributed by atoms with Crippen LogP contribution >= 0.6 is 0 Å². The first kappa shape index (κ1) is 17.1. The molecule has 0 aliphatic carbocycles. The van der Waals surface area contributed by atoms with Gasteiger partial charge >= 0.3 is 5.97 Å². The highest BCUT2D eigenvalue weighted by Gasteiger charge is 2.29. The maximum absolute atomic E-state index is 12.9. The van der Waals surface area contributed by atoms with E-state index in [0.717, 1.165) is 5.56 Å². The fraction of sp³-hybridized carbons (Fsp3) is 0.500. The molecule has 0 radical (unpaired) electrons. The Kier molecular flexibility index (Phi) is 5.47. The molecule has 0 fully saturated rings. The van der Waals surface area contributed by atoms with Crippen LogP contribution in [0.25, 0.3) is 0 Å². The van der Waals surface area contributed by atoms with Crippen molar-refractivity contribution < 1.29 is 19.1 Å². The topological polar surface area (TPSA) is 57.6 Å². The molecule has 1 unspecified atom stereocenters. The van der Waals surface area contributed by atoms with Crippen molar-refractivity contribution in [3.05, 3.63) is 35.6 Å². The lowest BCUT2D eigenvalue weighted by Crippen LogP contribution is -2.42. The van der Waals surface area contributed by atoms with E-state index in [9.17, 15) is 14.0 Å². The standard InChI is InChI=1S/C16H22FNO3/c1-11(14(19)20)9-18(15(21)16(2,3)4)10-12-5-7-13(17)8-6-12/h5-8,11H,9-10H2,1-4H3,(H,19,20). The molecule has 0 aliphatic heterocycles. The van der Waals surface area contributed by atoms with Crippen molar-refractivity contribution in [3.8, 4) is 0 Å². The van der Waals surface area contributed by atoms with Gasteiger partial charge in [-0.15, -0.1) is 0 Å². The van der Waals surface area contributed by atoms with E-state index in [-0.39, 0.29) is 24.8 Å². The average molecular weight is 295 g/mol. The van der Waals surface area contributed by atoms with Gasteiger partial charge in [-0.3, -0.25) is 9.59 Å². The summed E-state index contributed by atoms with van der Waals surface area (Å²) in [5.41, 5.74) is 0.171. The van der Waals surface area contributed by atoms with Gasteiger partial charge in [0.2, 0.25) is 5.91 Å². The molecule has 0 aliphatic rings. The molecule has 0 saturated heterocycles. The molecule has 1 atom stereocenters. The van der Waals surface area contributed by atoms with Gasteiger partial charge in [0.15, 0.2) is 0 Å². The summed E-state index contributed by atoms with van der Waals surface area (Å²) in [7, 11) is 0. The van der Waals surface area contributed by atoms with Crippen LogP contribution in [0.3, 0.4) is 0 Å². The van der Waals surface area contributed by atoms with Gasteiger partial charge in [-0.1, -0.05) is 39.8 Å². The average Bonchev–Trinajstić information content (AvgIpc) is 2.38. The number of carbonyl (C=O) groups is 2. The molecule has 4 nitrogen and oxygen atoms in total. The molecule has 1 N–H and O–H groups in total. The van der Waals surface area contributed by atoms with E-state index in [1.807, 2.05) is 0 Å². The second-order valence-electron chi connectivity index (χ2n) is 6.30. The second kappa shape index (κ2) is 6.70. The quantitative estimate of drug-likeness (QED) is 0.908. The van der Waals surface area contributed by atoms with Gasteiger partial charge in [0.25, 0.3) is 0 Å². The van der Waals surface area contributed by atoms with Crippen molar-refractivity contribution >= 4 is 11.9 Å². The van der Waals surface area contributed by atoms with Gasteiger partial charge in [0.1, 0.15) is 5.82 Å². The largest absolute Gasteiger partial charge is 0.481 e. The zero-order valence-corrected chi connectivity index (χ0v) is 12.9. The van der Waals surface area contributed by atoms with Gasteiger partial charge in [0, 0.05) is 18.5 Å². The predicted octanol–water partition coefficient (Wildman–Crippen LogP) is 2.92. The molecule has 0 bridgehead atoms. The normalized spacial score (nSPS) is 12.8. The summed E-state index contributed by atoms with van der Waals surface area (Å²) in [6.45, 7) is 7.34. The first-order valence-corrected chi connectivity index (χ1v) is 6.88. The molecule has 1 rings (SSSR count). The molecule has 1 amide bonds. The molecular weight excluding hydrogens is 273 g/mol. The number of carboxylic acids is 1. The van der Waals surface area contributed by atoms with Crippen molar-refractivity contribution in [1.82, 2.24) is 4.90 Å². The molecular formula is C16H22FNO3. The van der Waals surface area contributed by atoms with Gasteiger partial charge in [-0.25, -0.2) is 4.39 Å². The van der Waals surface area contributed by atoms with Gasteiger partial charge < -0.3 is 10.0 Å². The molecule has 1 aromatic carbocycles. The van der Waals surface area contributed by atoms with Crippen LogP contribution in [0.5, 0.6) is 0 Å². The number of aliphatic carboxylic acids is 1. The first-order chi connectivity index (χ1) is 9.61. The maximum Gasteiger partial charge on any atom is 0.308 e. The van der Waals surface area contributed by atoms with Crippen molar-refractivity contribution in [3.63, 3.8) is 0 Å². The molecule has 116 valence electrons. The Labute approximate surface area is 124 Å². The lowest BCUT2D eigenvalue weighted by atomic mass is 9.94. The zero-order chi connectivity index (χ0) is 16.2. The Morgan fingerprint density at radius 3 is 2.19 bits per heavy atom. The number of hydrogen-bond acceptors (Lipinski definition) is 2. The van der Waals surface area contributed by atoms with E-state index in [4.69, 9.17) is 5.11 Å². The van der Waals surface area contributed by atoms with E-state index >= 15 is 0 Å². The van der Waals surface area contributed by atoms with Crippen molar-refractivity contribution in [2.75, 3.05) is 6.54 Å². The molecule has 0 saturated carbocycles. The third-order valence-electron chi connectivity index (χ3n) is 3.13. The molecule has 0 spiro atoms. The van der Waals surface area contributed by atoms with Crippen molar-refractivity contribution in [2.24, 2.45) is 11.3 Å². The van der Waals surface area contributed by atoms with E-state index in [1.54, 1.807) is 39.8 Å². The van der Waals surface area contributed by atoms with E-state index in [0.29, 0.717) is 0 Å². The smallest absolute Gasteiger partial charge is 0.308 e. The fourth-order valence-electron chi connectivity index (χ4n) is 1.91. The minimum absolute atomic E-state index is 0.125. The van der Waals surface area contributed by atoms with Crippen LogP contribution in [0.2, 0.25) is 0 Å². The van der Waals surface area contributed by atoms with E-state index in [2.05, 4.69) is 0 Å². The lowest BCUT2D eigenvalue weighted by molar-refractivity contribution is -0.145. The summed E-state index contributed by atoms with van der Waals surface area (Å²) >= 11 is 0. The minimum atomic E-state index is -0.944. The Bertz CT molecular complexity index is 505. The van der Waals surface area contributed by atoms with Crippen molar-refractivity contribution in [2.45, 2.75) is 34.2 Å². The number of benzene rings is 1. The van der Waals surface area contributed by atoms with Crippen LogP contribution in [0, 0.1) is 17.2 Å². The number of hydrogen-bond donors (Lipinski definition) is 1. The Balaban J connectivity index is 2.93. The SMILES string of the molecule is CC(CN(Cc1ccc(F)cc1)C(=O)C(C)(C)C)C(=O)O. The van der Waals surface area contributed by atoms with Crippen LogP contribution in [0.1, 0.15) is 33.3 Å². The van der Waals surface area contributed by atoms with Crippen molar-refractivity contribution in [1.29, 1.82) is 0 Å². The van der Waals surface area contributed by atoms with Crippen LogP contribution < -0.4 is 0 Å². The van der Waals surface area contributed by atoms with E-state index < -0.39 is 17.3 Å². The number of rotatable bonds is 5. The maximum atomic E-state index is 12.9. The minimum Gasteiger partial charge on any atom is -0.481 e. The Morgan fingerprint density at radius 2 is 1.76 bits per heavy atom. The van der Waals surface area contributed by atoms with Gasteiger partial charge in [-0.2, -0.15) is 0 Å². The molecule has 21 heavy (non-hydrogen) atoms. The Morgan fingerprint density at radius 1 is 1.24 bits per heavy atom. The third kappa shape index (κ3) is 5.17. The molecule has 0 aromatic heterocycles. The third-order valence-corrected chi connectivity index (χ3v) is 3.13. The summed E-state index contributed by atoms with van der Waals surface area (Å²) in [5.74, 6) is -2.07. The summed E-state index contributed by atoms with van der Waals surface area (Å²) < 4.78 is 12.9. The highest BCUT2D eigenvalue weighted by molar-refractivity contribution is 5.82. The van der Waals surface area contributed by atoms with Crippen LogP contribution in [0.15, 0.2) is 24.3 Å². The number of halogens is 1. The summed E-state index contributed by atoms with van der Waals surface area (Å²) in [6.07, 6.45) is 0. The van der Waals surface area contributed by atoms with Crippen LogP contribution in [-0.4, -0.2) is 28.4 Å². The highest BCUT2D eigenvalue weighted by atomic mass is 19.1. The first-order valence-electron chi connectivity index (χ1n) is 6.88. The molecule has 5 heteroatoms. The van der Waals surface area contributed by atoms with Crippen LogP contribution in [0.4, 0.5) is 4.39 Å². The second-order valence-corrected chi connectivity index (χ2v) is 6.30. The summed E-state index contributed by atoms with van der Waals surface area (Å²) in [4.78, 5) is 25.0. The highest BCUT2D eigenvalue weighted by Crippen LogP contribution is 2.20. The van der Waals surface area contributed by atoms with Gasteiger partial charge in [-0.05, 0) is 17.7 Å². The summed E-state index contributed by atoms with van der Waals surface area (Å²) in [6, 6.07) is 5.86. The van der Waals surface area contributed by atoms with E-state index in [1.165, 1.54) is 17.0 Å². The number of carboxylic acid groups (broad SMARTS) is 1. The fourth-order valence-corrected chi connectivity index (χ4v) is 1.91. The molecule has 0 heterocycles. The van der Waals surface area contributed by atoms with Crippen LogP contribution in [-0.2, 0) is 16.1 Å². The summed E-state index contributed by atoms with van der Waals surface area (Å²) in [5, 5.41) is 9.03. The predicted molar refractivity (Wildman–Crippen MR) is 78.1 cm³/mol. The Hall–Kier alpha value is -1.91. The monoisotopic (exact) mass is 295 g/mol. The van der Waals surface area contributed by atoms with Gasteiger partial charge in [0.05, 0.1) is 5.92 Å². The number of nitrogens with zero attached hydrogens (tertiary/aromatic N) is 1. The molecule has 1 aromatic rings.